The van der Waals surface area contributed by atoms with Gasteiger partial charge < -0.3 is 15.1 Å². The maximum absolute atomic E-state index is 10.2. The highest BCUT2D eigenvalue weighted by Crippen LogP contribution is 2.67. The Labute approximate surface area is 144 Å². The highest BCUT2D eigenvalue weighted by atomic mass is 16.7. The number of hydrogen-bond acceptors (Lipinski definition) is 4. The monoisotopic (exact) mass is 333 g/mol. The van der Waals surface area contributed by atoms with Gasteiger partial charge in [0.25, 0.3) is 0 Å². The minimum absolute atomic E-state index is 0.0685. The van der Waals surface area contributed by atoms with E-state index < -0.39 is 6.29 Å². The maximum Gasteiger partial charge on any atom is 0.232 e. The lowest BCUT2D eigenvalue weighted by Crippen LogP contribution is -2.54. The zero-order valence-electron chi connectivity index (χ0n) is 14.9. The highest BCUT2D eigenvalue weighted by Gasteiger charge is 2.63. The summed E-state index contributed by atoms with van der Waals surface area (Å²) < 4.78 is 0. The summed E-state index contributed by atoms with van der Waals surface area (Å²) in [7, 11) is 0. The zero-order chi connectivity index (χ0) is 16.7. The summed E-state index contributed by atoms with van der Waals surface area (Å²) in [5, 5.41) is 24.6. The Morgan fingerprint density at radius 3 is 2.67 bits per heavy atom. The van der Waals surface area contributed by atoms with Crippen molar-refractivity contribution in [3.05, 3.63) is 0 Å². The van der Waals surface area contributed by atoms with E-state index in [1.165, 1.54) is 32.1 Å². The number of oxime groups is 1. The normalized spacial score (nSPS) is 58.8. The van der Waals surface area contributed by atoms with Gasteiger partial charge >= 0.3 is 0 Å². The average Bonchev–Trinajstić information content (AvgIpc) is 3.06. The van der Waals surface area contributed by atoms with Gasteiger partial charge in [0, 0.05) is 5.41 Å². The van der Waals surface area contributed by atoms with E-state index in [0.29, 0.717) is 17.3 Å². The molecule has 134 valence electrons. The summed E-state index contributed by atoms with van der Waals surface area (Å²) in [5.41, 5.74) is 1.71. The molecule has 5 aliphatic rings. The van der Waals surface area contributed by atoms with Crippen LogP contribution in [0.4, 0.5) is 0 Å². The Kier molecular flexibility index (Phi) is 3.24. The van der Waals surface area contributed by atoms with Crippen molar-refractivity contribution in [2.45, 2.75) is 77.6 Å². The van der Waals surface area contributed by atoms with Crippen molar-refractivity contribution < 1.29 is 15.1 Å². The second-order valence-electron chi connectivity index (χ2n) is 9.86. The summed E-state index contributed by atoms with van der Waals surface area (Å²) in [6, 6.07) is 0. The predicted octanol–water partition coefficient (Wildman–Crippen LogP) is 3.32. The Balaban J connectivity index is 1.47. The van der Waals surface area contributed by atoms with Gasteiger partial charge in [0.15, 0.2) is 0 Å². The fraction of sp³-hybridized carbons (Fsp3) is 0.950. The molecule has 1 heterocycles. The number of aliphatic hydroxyl groups excluding tert-OH is 2. The molecular weight excluding hydrogens is 302 g/mol. The van der Waals surface area contributed by atoms with Gasteiger partial charge in [-0.1, -0.05) is 19.0 Å². The third kappa shape index (κ3) is 1.85. The standard InChI is InChI=1S/C20H31NO3/c1-19-7-5-12(22)9-11(19)3-4-13-15(19)6-8-20(2)16(13)10-14-17(20)21-24-18(14)23/h11-16,18,22-23H,3-10H2,1-2H3. The molecule has 24 heavy (non-hydrogen) atoms. The first kappa shape index (κ1) is 15.6. The van der Waals surface area contributed by atoms with Gasteiger partial charge in [0.1, 0.15) is 0 Å². The van der Waals surface area contributed by atoms with Crippen LogP contribution >= 0.6 is 0 Å². The molecule has 0 aromatic heterocycles. The Hall–Kier alpha value is -0.610. The highest BCUT2D eigenvalue weighted by molar-refractivity contribution is 5.95. The van der Waals surface area contributed by atoms with Gasteiger partial charge in [-0.15, -0.1) is 0 Å². The molecule has 0 aromatic carbocycles. The number of fused-ring (bicyclic) bond motifs is 7. The minimum Gasteiger partial charge on any atom is -0.393 e. The van der Waals surface area contributed by atoms with Crippen LogP contribution in [0.1, 0.15) is 65.2 Å². The molecule has 4 aliphatic carbocycles. The summed E-state index contributed by atoms with van der Waals surface area (Å²) in [6.07, 6.45) is 8.52. The van der Waals surface area contributed by atoms with Crippen LogP contribution < -0.4 is 0 Å². The van der Waals surface area contributed by atoms with Gasteiger partial charge in [0.2, 0.25) is 6.29 Å². The lowest BCUT2D eigenvalue weighted by atomic mass is 9.45. The molecule has 9 unspecified atom stereocenters. The van der Waals surface area contributed by atoms with E-state index in [4.69, 9.17) is 4.84 Å². The van der Waals surface area contributed by atoms with Gasteiger partial charge in [0.05, 0.1) is 17.7 Å². The van der Waals surface area contributed by atoms with Gasteiger partial charge in [-0.3, -0.25) is 0 Å². The van der Waals surface area contributed by atoms with Crippen molar-refractivity contribution in [1.29, 1.82) is 0 Å². The molecule has 4 fully saturated rings. The summed E-state index contributed by atoms with van der Waals surface area (Å²) in [4.78, 5) is 5.20. The van der Waals surface area contributed by atoms with Crippen LogP contribution in [0.3, 0.4) is 0 Å². The molecule has 0 radical (unpaired) electrons. The number of rotatable bonds is 0. The third-order valence-electron chi connectivity index (χ3n) is 9.08. The predicted molar refractivity (Wildman–Crippen MR) is 91.1 cm³/mol. The van der Waals surface area contributed by atoms with Crippen LogP contribution in [-0.2, 0) is 4.84 Å². The molecule has 0 amide bonds. The van der Waals surface area contributed by atoms with Crippen molar-refractivity contribution in [2.75, 3.05) is 0 Å². The molecule has 2 N–H and O–H groups in total. The first-order chi connectivity index (χ1) is 11.4. The molecule has 9 atom stereocenters. The molecule has 0 spiro atoms. The van der Waals surface area contributed by atoms with E-state index in [2.05, 4.69) is 19.0 Å². The SMILES string of the molecule is CC12CCC3C(CCC4CC(O)CCC43C)C1CC1C2=NOC1O. The third-order valence-corrected chi connectivity index (χ3v) is 9.08. The number of aliphatic hydroxyl groups is 2. The van der Waals surface area contributed by atoms with Crippen LogP contribution in [0.5, 0.6) is 0 Å². The van der Waals surface area contributed by atoms with Crippen molar-refractivity contribution in [1.82, 2.24) is 0 Å². The molecule has 4 nitrogen and oxygen atoms in total. The first-order valence-corrected chi connectivity index (χ1v) is 10.0. The van der Waals surface area contributed by atoms with Gasteiger partial charge in [-0.25, -0.2) is 0 Å². The quantitative estimate of drug-likeness (QED) is 0.715. The number of hydrogen-bond donors (Lipinski definition) is 2. The van der Waals surface area contributed by atoms with Gasteiger partial charge in [-0.2, -0.15) is 0 Å². The van der Waals surface area contributed by atoms with Crippen molar-refractivity contribution >= 4 is 5.71 Å². The smallest absolute Gasteiger partial charge is 0.232 e. The van der Waals surface area contributed by atoms with Crippen LogP contribution in [0.15, 0.2) is 5.16 Å². The molecule has 5 rings (SSSR count). The van der Waals surface area contributed by atoms with Crippen LogP contribution in [-0.4, -0.2) is 28.3 Å². The average molecular weight is 333 g/mol. The number of nitrogens with zero attached hydrogens (tertiary/aromatic N) is 1. The molecule has 4 heteroatoms. The lowest BCUT2D eigenvalue weighted by molar-refractivity contribution is -0.127. The summed E-state index contributed by atoms with van der Waals surface area (Å²) in [6.45, 7) is 4.90. The topological polar surface area (TPSA) is 62.1 Å². The minimum atomic E-state index is -0.711. The molecule has 4 saturated carbocycles. The second-order valence-corrected chi connectivity index (χ2v) is 9.86. The maximum atomic E-state index is 10.2. The second kappa shape index (κ2) is 4.97. The van der Waals surface area contributed by atoms with E-state index >= 15 is 0 Å². The fourth-order valence-electron chi connectivity index (χ4n) is 7.72. The molecule has 0 bridgehead atoms. The Bertz CT molecular complexity index is 577. The van der Waals surface area contributed by atoms with E-state index in [1.54, 1.807) is 0 Å². The fourth-order valence-corrected chi connectivity index (χ4v) is 7.72. The summed E-state index contributed by atoms with van der Waals surface area (Å²) in [5.74, 6) is 3.06. The van der Waals surface area contributed by atoms with Crippen molar-refractivity contribution in [2.24, 2.45) is 45.6 Å². The Morgan fingerprint density at radius 1 is 1.00 bits per heavy atom. The van der Waals surface area contributed by atoms with E-state index in [-0.39, 0.29) is 17.4 Å². The molecule has 0 aromatic rings. The van der Waals surface area contributed by atoms with E-state index in [1.807, 2.05) is 0 Å². The van der Waals surface area contributed by atoms with Crippen molar-refractivity contribution in [3.63, 3.8) is 0 Å². The lowest BCUT2D eigenvalue weighted by Gasteiger charge is -2.60. The van der Waals surface area contributed by atoms with E-state index in [9.17, 15) is 10.2 Å². The van der Waals surface area contributed by atoms with Gasteiger partial charge in [-0.05, 0) is 80.5 Å². The van der Waals surface area contributed by atoms with Crippen LogP contribution in [0.25, 0.3) is 0 Å². The van der Waals surface area contributed by atoms with Crippen LogP contribution in [0.2, 0.25) is 0 Å². The van der Waals surface area contributed by atoms with E-state index in [0.717, 1.165) is 36.8 Å². The summed E-state index contributed by atoms with van der Waals surface area (Å²) >= 11 is 0. The zero-order valence-corrected chi connectivity index (χ0v) is 14.9. The van der Waals surface area contributed by atoms with Crippen molar-refractivity contribution in [3.8, 4) is 0 Å². The first-order valence-electron chi connectivity index (χ1n) is 10.0. The van der Waals surface area contributed by atoms with Crippen LogP contribution in [0, 0.1) is 40.4 Å². The molecular formula is C20H31NO3. The molecule has 0 saturated heterocycles. The Morgan fingerprint density at radius 2 is 1.83 bits per heavy atom. The molecule has 1 aliphatic heterocycles. The largest absolute Gasteiger partial charge is 0.393 e.